The Morgan fingerprint density at radius 1 is 1.00 bits per heavy atom. The van der Waals surface area contributed by atoms with Gasteiger partial charge < -0.3 is 14.2 Å². The van der Waals surface area contributed by atoms with E-state index >= 15 is 0 Å². The van der Waals surface area contributed by atoms with Crippen molar-refractivity contribution >= 4 is 27.7 Å². The predicted octanol–water partition coefficient (Wildman–Crippen LogP) is 3.48. The third-order valence-electron chi connectivity index (χ3n) is 3.69. The topological polar surface area (TPSA) is 85.9 Å². The number of hydrogen-bond acceptors (Lipinski definition) is 5. The summed E-state index contributed by atoms with van der Waals surface area (Å²) in [4.78, 5) is 24.3. The molecule has 0 fully saturated rings. The van der Waals surface area contributed by atoms with E-state index < -0.39 is 11.8 Å². The van der Waals surface area contributed by atoms with Gasteiger partial charge in [0.25, 0.3) is 11.8 Å². The van der Waals surface area contributed by atoms with Gasteiger partial charge in [0.2, 0.25) is 0 Å². The number of halogens is 1. The zero-order valence-electron chi connectivity index (χ0n) is 15.8. The summed E-state index contributed by atoms with van der Waals surface area (Å²) in [5, 5.41) is 0. The van der Waals surface area contributed by atoms with Crippen LogP contribution in [0, 0.1) is 0 Å². The summed E-state index contributed by atoms with van der Waals surface area (Å²) in [7, 11) is 1.57. The molecule has 0 bridgehead atoms. The van der Waals surface area contributed by atoms with E-state index in [2.05, 4.69) is 33.7 Å². The highest BCUT2D eigenvalue weighted by atomic mass is 79.9. The third kappa shape index (κ3) is 6.77. The Hall–Kier alpha value is -2.74. The fourth-order valence-electron chi connectivity index (χ4n) is 2.18. The second-order valence-corrected chi connectivity index (χ2v) is 6.72. The molecular formula is C20H23BrN2O5. The molecule has 2 aromatic carbocycles. The highest BCUT2D eigenvalue weighted by Crippen LogP contribution is 2.23. The molecule has 0 saturated heterocycles. The van der Waals surface area contributed by atoms with Gasteiger partial charge in [0.15, 0.2) is 6.61 Å². The molecule has 0 spiro atoms. The van der Waals surface area contributed by atoms with Crippen molar-refractivity contribution in [3.05, 3.63) is 52.5 Å². The largest absolute Gasteiger partial charge is 0.497 e. The summed E-state index contributed by atoms with van der Waals surface area (Å²) in [6, 6.07) is 12.0. The van der Waals surface area contributed by atoms with Crippen LogP contribution in [0.2, 0.25) is 0 Å². The molecule has 8 heteroatoms. The highest BCUT2D eigenvalue weighted by Gasteiger charge is 2.14. The number of nitrogens with one attached hydrogen (secondary N) is 2. The summed E-state index contributed by atoms with van der Waals surface area (Å²) >= 11 is 3.34. The van der Waals surface area contributed by atoms with E-state index in [-0.39, 0.29) is 6.61 Å². The Bertz CT molecular complexity index is 796. The first kappa shape index (κ1) is 21.6. The average Bonchev–Trinajstić information content (AvgIpc) is 2.72. The van der Waals surface area contributed by atoms with E-state index in [1.54, 1.807) is 49.6 Å². The van der Waals surface area contributed by atoms with Crippen molar-refractivity contribution < 1.29 is 23.8 Å². The lowest BCUT2D eigenvalue weighted by molar-refractivity contribution is -0.123. The standard InChI is InChI=1S/C20H23BrN2O5/c1-3-4-11-27-18-10-5-14(21)12-17(18)20(25)23-22-19(24)13-28-16-8-6-15(26-2)7-9-16/h5-10,12H,3-4,11,13H2,1-2H3,(H,22,24)(H,23,25). The zero-order chi connectivity index (χ0) is 20.4. The van der Waals surface area contributed by atoms with Gasteiger partial charge in [0.05, 0.1) is 19.3 Å². The van der Waals surface area contributed by atoms with E-state index in [1.807, 2.05) is 0 Å². The quantitative estimate of drug-likeness (QED) is 0.451. The van der Waals surface area contributed by atoms with E-state index in [0.717, 1.165) is 17.3 Å². The van der Waals surface area contributed by atoms with Crippen molar-refractivity contribution in [2.75, 3.05) is 20.3 Å². The molecule has 0 radical (unpaired) electrons. The number of methoxy groups -OCH3 is 1. The van der Waals surface area contributed by atoms with Gasteiger partial charge in [-0.25, -0.2) is 0 Å². The molecule has 2 amide bonds. The lowest BCUT2D eigenvalue weighted by atomic mass is 10.2. The minimum atomic E-state index is -0.493. The fourth-order valence-corrected chi connectivity index (χ4v) is 2.54. The Morgan fingerprint density at radius 2 is 1.71 bits per heavy atom. The van der Waals surface area contributed by atoms with Gasteiger partial charge >= 0.3 is 0 Å². The molecule has 0 atom stereocenters. The maximum Gasteiger partial charge on any atom is 0.276 e. The van der Waals surface area contributed by atoms with Crippen molar-refractivity contribution in [3.8, 4) is 17.2 Å². The minimum Gasteiger partial charge on any atom is -0.497 e. The fraction of sp³-hybridized carbons (Fsp3) is 0.300. The molecule has 28 heavy (non-hydrogen) atoms. The van der Waals surface area contributed by atoms with E-state index in [9.17, 15) is 9.59 Å². The maximum absolute atomic E-state index is 12.4. The molecule has 2 N–H and O–H groups in total. The zero-order valence-corrected chi connectivity index (χ0v) is 17.4. The Labute approximate surface area is 172 Å². The molecule has 7 nitrogen and oxygen atoms in total. The molecule has 2 aromatic rings. The summed E-state index contributed by atoms with van der Waals surface area (Å²) in [6.07, 6.45) is 1.87. The predicted molar refractivity (Wildman–Crippen MR) is 109 cm³/mol. The third-order valence-corrected chi connectivity index (χ3v) is 4.18. The smallest absolute Gasteiger partial charge is 0.276 e. The Kier molecular flexibility index (Phi) is 8.61. The number of amides is 2. The van der Waals surface area contributed by atoms with Crippen LogP contribution in [0.5, 0.6) is 17.2 Å². The molecule has 150 valence electrons. The number of hydrogen-bond donors (Lipinski definition) is 2. The summed E-state index contributed by atoms with van der Waals surface area (Å²) < 4.78 is 16.8. The van der Waals surface area contributed by atoms with Crippen molar-refractivity contribution in [2.45, 2.75) is 19.8 Å². The van der Waals surface area contributed by atoms with Crippen LogP contribution in [0.15, 0.2) is 46.9 Å². The number of unbranched alkanes of at least 4 members (excludes halogenated alkanes) is 1. The van der Waals surface area contributed by atoms with E-state index in [0.29, 0.717) is 29.4 Å². The summed E-state index contributed by atoms with van der Waals surface area (Å²) in [6.45, 7) is 2.33. The van der Waals surface area contributed by atoms with Crippen molar-refractivity contribution in [1.29, 1.82) is 0 Å². The average molecular weight is 451 g/mol. The van der Waals surface area contributed by atoms with Gasteiger partial charge in [0, 0.05) is 4.47 Å². The first-order chi connectivity index (χ1) is 13.5. The lowest BCUT2D eigenvalue weighted by Crippen LogP contribution is -2.44. The molecule has 2 rings (SSSR count). The van der Waals surface area contributed by atoms with Gasteiger partial charge in [-0.05, 0) is 48.9 Å². The van der Waals surface area contributed by atoms with Crippen molar-refractivity contribution in [3.63, 3.8) is 0 Å². The Balaban J connectivity index is 1.86. The van der Waals surface area contributed by atoms with Gasteiger partial charge in [0.1, 0.15) is 17.2 Å². The molecule has 0 aliphatic rings. The number of rotatable bonds is 9. The van der Waals surface area contributed by atoms with Gasteiger partial charge in [-0.15, -0.1) is 0 Å². The molecule has 0 heterocycles. The van der Waals surface area contributed by atoms with Crippen LogP contribution in [0.3, 0.4) is 0 Å². The van der Waals surface area contributed by atoms with Gasteiger partial charge in [-0.2, -0.15) is 0 Å². The van der Waals surface area contributed by atoms with Crippen LogP contribution in [0.1, 0.15) is 30.1 Å². The van der Waals surface area contributed by atoms with Crippen LogP contribution < -0.4 is 25.1 Å². The second kappa shape index (κ2) is 11.2. The van der Waals surface area contributed by atoms with Crippen LogP contribution in [-0.2, 0) is 4.79 Å². The first-order valence-corrected chi connectivity index (χ1v) is 9.61. The molecule has 0 aliphatic heterocycles. The molecule has 0 saturated carbocycles. The van der Waals surface area contributed by atoms with E-state index in [1.165, 1.54) is 0 Å². The summed E-state index contributed by atoms with van der Waals surface area (Å²) in [5.41, 5.74) is 5.02. The number of hydrazine groups is 1. The SMILES string of the molecule is CCCCOc1ccc(Br)cc1C(=O)NNC(=O)COc1ccc(OC)cc1. The molecule has 0 aromatic heterocycles. The minimum absolute atomic E-state index is 0.245. The molecule has 0 aliphatic carbocycles. The number of benzene rings is 2. The monoisotopic (exact) mass is 450 g/mol. The highest BCUT2D eigenvalue weighted by molar-refractivity contribution is 9.10. The van der Waals surface area contributed by atoms with Crippen LogP contribution in [-0.4, -0.2) is 32.1 Å². The van der Waals surface area contributed by atoms with Crippen LogP contribution in [0.4, 0.5) is 0 Å². The molecular weight excluding hydrogens is 428 g/mol. The van der Waals surface area contributed by atoms with Crippen molar-refractivity contribution in [1.82, 2.24) is 10.9 Å². The number of ether oxygens (including phenoxy) is 3. The normalized spacial score (nSPS) is 10.1. The van der Waals surface area contributed by atoms with Crippen LogP contribution in [0.25, 0.3) is 0 Å². The van der Waals surface area contributed by atoms with Crippen molar-refractivity contribution in [2.24, 2.45) is 0 Å². The number of carbonyl (C=O) groups excluding carboxylic acids is 2. The number of carbonyl (C=O) groups is 2. The summed E-state index contributed by atoms with van der Waals surface area (Å²) in [5.74, 6) is 0.687. The second-order valence-electron chi connectivity index (χ2n) is 5.81. The first-order valence-electron chi connectivity index (χ1n) is 8.82. The molecule has 0 unspecified atom stereocenters. The van der Waals surface area contributed by atoms with Gasteiger partial charge in [-0.1, -0.05) is 29.3 Å². The van der Waals surface area contributed by atoms with E-state index in [4.69, 9.17) is 14.2 Å². The maximum atomic E-state index is 12.4. The van der Waals surface area contributed by atoms with Crippen LogP contribution >= 0.6 is 15.9 Å². The Morgan fingerprint density at radius 3 is 2.39 bits per heavy atom. The lowest BCUT2D eigenvalue weighted by Gasteiger charge is -2.13. The van der Waals surface area contributed by atoms with Gasteiger partial charge in [-0.3, -0.25) is 20.4 Å².